The molecule has 0 fully saturated rings. The molecule has 1 aromatic rings. The second-order valence-corrected chi connectivity index (χ2v) is 4.21. The molecule has 1 atom stereocenters. The summed E-state index contributed by atoms with van der Waals surface area (Å²) in [6.07, 6.45) is 0.813. The van der Waals surface area contributed by atoms with E-state index in [4.69, 9.17) is 21.6 Å². The monoisotopic (exact) mass is 268 g/mol. The molecule has 98 valence electrons. The SMILES string of the molecule is CCOCCCNC(C#N)c1cc(Cl)ccc1O. The lowest BCUT2D eigenvalue weighted by atomic mass is 10.1. The lowest BCUT2D eigenvalue weighted by Crippen LogP contribution is -2.22. The van der Waals surface area contributed by atoms with Crippen molar-refractivity contribution in [2.45, 2.75) is 19.4 Å². The number of benzene rings is 1. The summed E-state index contributed by atoms with van der Waals surface area (Å²) in [5.74, 6) is 0.0725. The fourth-order valence-electron chi connectivity index (χ4n) is 1.55. The smallest absolute Gasteiger partial charge is 0.124 e. The van der Waals surface area contributed by atoms with Gasteiger partial charge in [0.05, 0.1) is 6.07 Å². The topological polar surface area (TPSA) is 65.3 Å². The summed E-state index contributed by atoms with van der Waals surface area (Å²) in [5, 5.41) is 22.4. The molecule has 1 aromatic carbocycles. The van der Waals surface area contributed by atoms with Crippen LogP contribution in [0, 0.1) is 11.3 Å². The zero-order valence-corrected chi connectivity index (χ0v) is 11.1. The van der Waals surface area contributed by atoms with Gasteiger partial charge in [-0.2, -0.15) is 5.26 Å². The molecule has 0 aliphatic heterocycles. The average molecular weight is 269 g/mol. The van der Waals surface area contributed by atoms with Crippen LogP contribution in [0.5, 0.6) is 5.75 Å². The van der Waals surface area contributed by atoms with Gasteiger partial charge >= 0.3 is 0 Å². The van der Waals surface area contributed by atoms with Crippen LogP contribution in [0.3, 0.4) is 0 Å². The summed E-state index contributed by atoms with van der Waals surface area (Å²) in [5.41, 5.74) is 0.501. The molecule has 1 unspecified atom stereocenters. The molecule has 0 spiro atoms. The van der Waals surface area contributed by atoms with Gasteiger partial charge in [-0.3, -0.25) is 5.32 Å². The molecule has 0 aliphatic rings. The van der Waals surface area contributed by atoms with Crippen molar-refractivity contribution in [2.24, 2.45) is 0 Å². The zero-order chi connectivity index (χ0) is 13.4. The Morgan fingerprint density at radius 1 is 1.56 bits per heavy atom. The fraction of sp³-hybridized carbons (Fsp3) is 0.462. The summed E-state index contributed by atoms with van der Waals surface area (Å²) < 4.78 is 5.20. The van der Waals surface area contributed by atoms with Gasteiger partial charge in [-0.05, 0) is 38.1 Å². The van der Waals surface area contributed by atoms with Gasteiger partial charge in [0.1, 0.15) is 11.8 Å². The standard InChI is InChI=1S/C13H17ClN2O2/c1-2-18-7-3-6-16-12(9-15)11-8-10(14)4-5-13(11)17/h4-5,8,12,16-17H,2-3,6-7H2,1H3. The largest absolute Gasteiger partial charge is 0.508 e. The molecule has 0 saturated carbocycles. The van der Waals surface area contributed by atoms with E-state index in [-0.39, 0.29) is 5.75 Å². The first-order valence-electron chi connectivity index (χ1n) is 5.88. The molecule has 0 aliphatic carbocycles. The van der Waals surface area contributed by atoms with E-state index in [1.807, 2.05) is 6.92 Å². The maximum Gasteiger partial charge on any atom is 0.124 e. The highest BCUT2D eigenvalue weighted by atomic mass is 35.5. The molecule has 18 heavy (non-hydrogen) atoms. The highest BCUT2D eigenvalue weighted by molar-refractivity contribution is 6.30. The second kappa shape index (κ2) is 7.93. The predicted molar refractivity (Wildman–Crippen MR) is 70.6 cm³/mol. The minimum absolute atomic E-state index is 0.0725. The Bertz CT molecular complexity index is 418. The van der Waals surface area contributed by atoms with Gasteiger partial charge in [0, 0.05) is 23.8 Å². The molecular weight excluding hydrogens is 252 g/mol. The van der Waals surface area contributed by atoms with Gasteiger partial charge in [-0.25, -0.2) is 0 Å². The van der Waals surface area contributed by atoms with Crippen LogP contribution in [0.2, 0.25) is 5.02 Å². The van der Waals surface area contributed by atoms with E-state index in [1.54, 1.807) is 12.1 Å². The summed E-state index contributed by atoms with van der Waals surface area (Å²) in [7, 11) is 0. The first-order chi connectivity index (χ1) is 8.69. The van der Waals surface area contributed by atoms with E-state index in [1.165, 1.54) is 6.07 Å². The van der Waals surface area contributed by atoms with Crippen LogP contribution < -0.4 is 5.32 Å². The number of phenolic OH excluding ortho intramolecular Hbond substituents is 1. The summed E-state index contributed by atoms with van der Waals surface area (Å²) in [4.78, 5) is 0. The quantitative estimate of drug-likeness (QED) is 0.746. The highest BCUT2D eigenvalue weighted by Gasteiger charge is 2.14. The van der Waals surface area contributed by atoms with Crippen molar-refractivity contribution in [3.05, 3.63) is 28.8 Å². The molecule has 5 heteroatoms. The van der Waals surface area contributed by atoms with Crippen molar-refractivity contribution in [1.82, 2.24) is 5.32 Å². The Labute approximate surface area is 112 Å². The number of hydrogen-bond donors (Lipinski definition) is 2. The van der Waals surface area contributed by atoms with Crippen molar-refractivity contribution < 1.29 is 9.84 Å². The number of phenols is 1. The third-order valence-electron chi connectivity index (χ3n) is 2.45. The molecule has 0 saturated heterocycles. The average Bonchev–Trinajstić information content (AvgIpc) is 2.37. The van der Waals surface area contributed by atoms with Crippen LogP contribution in [0.4, 0.5) is 0 Å². The number of nitrogens with one attached hydrogen (secondary N) is 1. The minimum atomic E-state index is -0.565. The van der Waals surface area contributed by atoms with Gasteiger partial charge in [0.2, 0.25) is 0 Å². The van der Waals surface area contributed by atoms with E-state index in [0.717, 1.165) is 6.42 Å². The third kappa shape index (κ3) is 4.53. The number of halogens is 1. The molecule has 0 heterocycles. The van der Waals surface area contributed by atoms with Gasteiger partial charge in [0.25, 0.3) is 0 Å². The first-order valence-corrected chi connectivity index (χ1v) is 6.26. The Kier molecular flexibility index (Phi) is 6.51. The van der Waals surface area contributed by atoms with E-state index in [9.17, 15) is 5.11 Å². The van der Waals surface area contributed by atoms with Gasteiger partial charge in [-0.1, -0.05) is 11.6 Å². The Balaban J connectivity index is 2.55. The van der Waals surface area contributed by atoms with Crippen molar-refractivity contribution in [1.29, 1.82) is 5.26 Å². The number of ether oxygens (including phenoxy) is 1. The van der Waals surface area contributed by atoms with Crippen molar-refractivity contribution in [3.63, 3.8) is 0 Å². The van der Waals surface area contributed by atoms with E-state index >= 15 is 0 Å². The molecule has 1 rings (SSSR count). The van der Waals surface area contributed by atoms with Crippen LogP contribution in [0.15, 0.2) is 18.2 Å². The van der Waals surface area contributed by atoms with Crippen LogP contribution >= 0.6 is 11.6 Å². The van der Waals surface area contributed by atoms with Crippen LogP contribution in [-0.2, 0) is 4.74 Å². The third-order valence-corrected chi connectivity index (χ3v) is 2.68. The van der Waals surface area contributed by atoms with Gasteiger partial charge < -0.3 is 9.84 Å². The van der Waals surface area contributed by atoms with Gasteiger partial charge in [0.15, 0.2) is 0 Å². The molecule has 0 aromatic heterocycles. The zero-order valence-electron chi connectivity index (χ0n) is 10.3. The minimum Gasteiger partial charge on any atom is -0.508 e. The Morgan fingerprint density at radius 2 is 2.33 bits per heavy atom. The van der Waals surface area contributed by atoms with Crippen molar-refractivity contribution >= 4 is 11.6 Å². The first kappa shape index (κ1) is 14.8. The second-order valence-electron chi connectivity index (χ2n) is 3.77. The normalized spacial score (nSPS) is 12.1. The molecule has 4 nitrogen and oxygen atoms in total. The fourth-order valence-corrected chi connectivity index (χ4v) is 1.73. The maximum absolute atomic E-state index is 9.70. The molecule has 0 radical (unpaired) electrons. The number of hydrogen-bond acceptors (Lipinski definition) is 4. The number of nitrogens with zero attached hydrogens (tertiary/aromatic N) is 1. The molecule has 2 N–H and O–H groups in total. The molecular formula is C13H17ClN2O2. The van der Waals surface area contributed by atoms with Crippen molar-refractivity contribution in [3.8, 4) is 11.8 Å². The molecule has 0 amide bonds. The Hall–Kier alpha value is -1.28. The van der Waals surface area contributed by atoms with E-state index in [0.29, 0.717) is 30.3 Å². The lowest BCUT2D eigenvalue weighted by Gasteiger charge is -2.13. The number of rotatable bonds is 7. The highest BCUT2D eigenvalue weighted by Crippen LogP contribution is 2.26. The maximum atomic E-state index is 9.70. The number of aromatic hydroxyl groups is 1. The summed E-state index contributed by atoms with van der Waals surface area (Å²) in [6.45, 7) is 3.93. The number of nitriles is 1. The van der Waals surface area contributed by atoms with Crippen LogP contribution in [-0.4, -0.2) is 24.9 Å². The molecule has 0 bridgehead atoms. The summed E-state index contributed by atoms with van der Waals surface area (Å²) >= 11 is 5.85. The van der Waals surface area contributed by atoms with Crippen molar-refractivity contribution in [2.75, 3.05) is 19.8 Å². The van der Waals surface area contributed by atoms with E-state index in [2.05, 4.69) is 11.4 Å². The predicted octanol–water partition coefficient (Wildman–Crippen LogP) is 2.63. The summed E-state index contributed by atoms with van der Waals surface area (Å²) in [6, 6.07) is 6.22. The lowest BCUT2D eigenvalue weighted by molar-refractivity contribution is 0.144. The van der Waals surface area contributed by atoms with Crippen LogP contribution in [0.25, 0.3) is 0 Å². The Morgan fingerprint density at radius 3 is 3.00 bits per heavy atom. The van der Waals surface area contributed by atoms with Gasteiger partial charge in [-0.15, -0.1) is 0 Å². The van der Waals surface area contributed by atoms with Crippen LogP contribution in [0.1, 0.15) is 24.9 Å². The van der Waals surface area contributed by atoms with E-state index < -0.39 is 6.04 Å².